The van der Waals surface area contributed by atoms with E-state index >= 15 is 0 Å². The van der Waals surface area contributed by atoms with Crippen molar-refractivity contribution in [2.75, 3.05) is 25.1 Å². The fourth-order valence-corrected chi connectivity index (χ4v) is 1.78. The normalized spacial score (nSPS) is 9.72. The molecule has 0 unspecified atom stereocenters. The maximum Gasteiger partial charge on any atom is 0.325 e. The first-order chi connectivity index (χ1) is 8.53. The number of carbonyl (C=O) groups is 1. The minimum Gasteiger partial charge on any atom is -0.468 e. The predicted octanol–water partition coefficient (Wildman–Crippen LogP) is 1.57. The summed E-state index contributed by atoms with van der Waals surface area (Å²) in [7, 11) is 1.35. The molecule has 1 rings (SSSR count). The van der Waals surface area contributed by atoms with E-state index in [9.17, 15) is 10.1 Å². The second kappa shape index (κ2) is 6.01. The zero-order chi connectivity index (χ0) is 13.7. The van der Waals surface area contributed by atoms with Crippen LogP contribution in [-0.4, -0.2) is 31.2 Å². The summed E-state index contributed by atoms with van der Waals surface area (Å²) in [6.45, 7) is 6.33. The van der Waals surface area contributed by atoms with Crippen LogP contribution in [0.4, 0.5) is 5.69 Å². The van der Waals surface area contributed by atoms with Gasteiger partial charge < -0.3 is 9.64 Å². The minimum atomic E-state index is -0.326. The zero-order valence-electron chi connectivity index (χ0n) is 11.1. The summed E-state index contributed by atoms with van der Waals surface area (Å²) < 4.78 is 4.66. The van der Waals surface area contributed by atoms with Crippen molar-refractivity contribution >= 4 is 11.7 Å². The lowest BCUT2D eigenvalue weighted by Gasteiger charge is -2.23. The van der Waals surface area contributed by atoms with Gasteiger partial charge in [-0.05, 0) is 26.8 Å². The van der Waals surface area contributed by atoms with Crippen LogP contribution in [-0.2, 0) is 9.53 Å². The molecule has 0 saturated carbocycles. The number of hydrogen-bond acceptors (Lipinski definition) is 5. The van der Waals surface area contributed by atoms with Gasteiger partial charge in [-0.2, -0.15) is 5.26 Å². The quantitative estimate of drug-likeness (QED) is 0.755. The van der Waals surface area contributed by atoms with Gasteiger partial charge in [-0.15, -0.1) is 0 Å². The van der Waals surface area contributed by atoms with Gasteiger partial charge >= 0.3 is 5.97 Å². The summed E-state index contributed by atoms with van der Waals surface area (Å²) in [5.41, 5.74) is 2.74. The monoisotopic (exact) mass is 247 g/mol. The van der Waals surface area contributed by atoms with Gasteiger partial charge in [0, 0.05) is 12.2 Å². The lowest BCUT2D eigenvalue weighted by molar-refractivity contribution is -0.138. The Balaban J connectivity index is 3.20. The first-order valence-electron chi connectivity index (χ1n) is 5.73. The van der Waals surface area contributed by atoms with Crippen molar-refractivity contribution in [2.24, 2.45) is 0 Å². The SMILES string of the molecule is CCN(CC(=O)OC)c1cc(C)nc(C)c1C#N. The van der Waals surface area contributed by atoms with Crippen molar-refractivity contribution in [1.82, 2.24) is 4.98 Å². The number of likely N-dealkylation sites (N-methyl/N-ethyl adjacent to an activating group) is 1. The van der Waals surface area contributed by atoms with Gasteiger partial charge in [0.2, 0.25) is 0 Å². The molecule has 0 spiro atoms. The third-order valence-electron chi connectivity index (χ3n) is 2.69. The van der Waals surface area contributed by atoms with Gasteiger partial charge in [-0.25, -0.2) is 0 Å². The van der Waals surface area contributed by atoms with E-state index in [0.717, 1.165) is 11.4 Å². The number of aromatic nitrogens is 1. The van der Waals surface area contributed by atoms with Crippen LogP contribution in [0.5, 0.6) is 0 Å². The molecule has 5 heteroatoms. The molecule has 1 heterocycles. The molecule has 0 N–H and O–H groups in total. The summed E-state index contributed by atoms with van der Waals surface area (Å²) in [6.07, 6.45) is 0. The summed E-state index contributed by atoms with van der Waals surface area (Å²) >= 11 is 0. The number of ether oxygens (including phenoxy) is 1. The van der Waals surface area contributed by atoms with Gasteiger partial charge in [-0.3, -0.25) is 9.78 Å². The van der Waals surface area contributed by atoms with Crippen LogP contribution >= 0.6 is 0 Å². The van der Waals surface area contributed by atoms with Crippen molar-refractivity contribution in [3.05, 3.63) is 23.0 Å². The molecule has 0 saturated heterocycles. The van der Waals surface area contributed by atoms with Gasteiger partial charge in [0.15, 0.2) is 0 Å². The number of nitriles is 1. The lowest BCUT2D eigenvalue weighted by atomic mass is 10.1. The molecule has 0 aliphatic rings. The van der Waals surface area contributed by atoms with Crippen molar-refractivity contribution in [3.8, 4) is 6.07 Å². The zero-order valence-corrected chi connectivity index (χ0v) is 11.1. The average molecular weight is 247 g/mol. The Morgan fingerprint density at radius 2 is 2.22 bits per heavy atom. The molecule has 5 nitrogen and oxygen atoms in total. The summed E-state index contributed by atoms with van der Waals surface area (Å²) in [5.74, 6) is -0.326. The number of nitrogens with zero attached hydrogens (tertiary/aromatic N) is 3. The Labute approximate surface area is 107 Å². The number of hydrogen-bond donors (Lipinski definition) is 0. The molecule has 96 valence electrons. The molecule has 0 aliphatic carbocycles. The van der Waals surface area contributed by atoms with E-state index in [0.29, 0.717) is 17.8 Å². The second-order valence-corrected chi connectivity index (χ2v) is 3.95. The predicted molar refractivity (Wildman–Crippen MR) is 68.3 cm³/mol. The van der Waals surface area contributed by atoms with E-state index in [1.165, 1.54) is 7.11 Å². The van der Waals surface area contributed by atoms with Crippen LogP contribution in [0, 0.1) is 25.2 Å². The topological polar surface area (TPSA) is 66.2 Å². The molecule has 0 aliphatic heterocycles. The lowest BCUT2D eigenvalue weighted by Crippen LogP contribution is -2.31. The fourth-order valence-electron chi connectivity index (χ4n) is 1.78. The highest BCUT2D eigenvalue weighted by molar-refractivity contribution is 5.77. The average Bonchev–Trinajstić information content (AvgIpc) is 2.34. The third kappa shape index (κ3) is 2.98. The minimum absolute atomic E-state index is 0.130. The Morgan fingerprint density at radius 3 is 2.72 bits per heavy atom. The molecule has 0 bridgehead atoms. The molecule has 0 radical (unpaired) electrons. The highest BCUT2D eigenvalue weighted by Crippen LogP contribution is 2.23. The molecule has 1 aromatic rings. The van der Waals surface area contributed by atoms with E-state index in [-0.39, 0.29) is 12.5 Å². The standard InChI is InChI=1S/C13H17N3O2/c1-5-16(8-13(17)18-4)12-6-9(2)15-10(3)11(12)7-14/h6H,5,8H2,1-4H3. The van der Waals surface area contributed by atoms with Crippen molar-refractivity contribution in [1.29, 1.82) is 5.26 Å². The van der Waals surface area contributed by atoms with Gasteiger partial charge in [0.25, 0.3) is 0 Å². The van der Waals surface area contributed by atoms with Crippen LogP contribution in [0.2, 0.25) is 0 Å². The number of anilines is 1. The van der Waals surface area contributed by atoms with E-state index in [1.807, 2.05) is 24.8 Å². The molecule has 18 heavy (non-hydrogen) atoms. The number of esters is 1. The third-order valence-corrected chi connectivity index (χ3v) is 2.69. The van der Waals surface area contributed by atoms with E-state index in [2.05, 4.69) is 15.8 Å². The summed E-state index contributed by atoms with van der Waals surface area (Å²) in [4.78, 5) is 17.4. The first kappa shape index (κ1) is 14.0. The van der Waals surface area contributed by atoms with Crippen molar-refractivity contribution in [2.45, 2.75) is 20.8 Å². The Kier molecular flexibility index (Phi) is 4.67. The van der Waals surface area contributed by atoms with Crippen LogP contribution in [0.25, 0.3) is 0 Å². The molecule has 0 fully saturated rings. The van der Waals surface area contributed by atoms with Gasteiger partial charge in [-0.1, -0.05) is 0 Å². The maximum absolute atomic E-state index is 11.4. The Bertz CT molecular complexity index is 492. The second-order valence-electron chi connectivity index (χ2n) is 3.95. The van der Waals surface area contributed by atoms with Crippen molar-refractivity contribution in [3.63, 3.8) is 0 Å². The number of methoxy groups -OCH3 is 1. The van der Waals surface area contributed by atoms with Crippen LogP contribution in [0.3, 0.4) is 0 Å². The van der Waals surface area contributed by atoms with Crippen LogP contribution in [0.15, 0.2) is 6.07 Å². The van der Waals surface area contributed by atoms with E-state index in [1.54, 1.807) is 6.92 Å². The maximum atomic E-state index is 11.4. The molecule has 1 aromatic heterocycles. The molecular weight excluding hydrogens is 230 g/mol. The molecular formula is C13H17N3O2. The fraction of sp³-hybridized carbons (Fsp3) is 0.462. The highest BCUT2D eigenvalue weighted by atomic mass is 16.5. The van der Waals surface area contributed by atoms with Gasteiger partial charge in [0.05, 0.1) is 24.1 Å². The first-order valence-corrected chi connectivity index (χ1v) is 5.73. The summed E-state index contributed by atoms with van der Waals surface area (Å²) in [6, 6.07) is 3.96. The van der Waals surface area contributed by atoms with Crippen LogP contribution < -0.4 is 4.90 Å². The molecule has 0 aromatic carbocycles. The largest absolute Gasteiger partial charge is 0.468 e. The number of aryl methyl sites for hydroxylation is 2. The number of rotatable bonds is 4. The molecule has 0 amide bonds. The van der Waals surface area contributed by atoms with Crippen LogP contribution in [0.1, 0.15) is 23.9 Å². The van der Waals surface area contributed by atoms with E-state index in [4.69, 9.17) is 0 Å². The highest BCUT2D eigenvalue weighted by Gasteiger charge is 2.16. The van der Waals surface area contributed by atoms with Crippen molar-refractivity contribution < 1.29 is 9.53 Å². The molecule has 0 atom stereocenters. The summed E-state index contributed by atoms with van der Waals surface area (Å²) in [5, 5.41) is 9.19. The Hall–Kier alpha value is -2.09. The smallest absolute Gasteiger partial charge is 0.325 e. The van der Waals surface area contributed by atoms with E-state index < -0.39 is 0 Å². The Morgan fingerprint density at radius 1 is 1.56 bits per heavy atom. The number of carbonyl (C=O) groups excluding carboxylic acids is 1. The number of pyridine rings is 1. The van der Waals surface area contributed by atoms with Gasteiger partial charge in [0.1, 0.15) is 12.6 Å².